The van der Waals surface area contributed by atoms with Gasteiger partial charge in [-0.2, -0.15) is 0 Å². The zero-order valence-corrected chi connectivity index (χ0v) is 10.3. The van der Waals surface area contributed by atoms with E-state index in [2.05, 4.69) is 44.5 Å². The van der Waals surface area contributed by atoms with Crippen molar-refractivity contribution < 1.29 is 9.05 Å². The molecular formula is C5H10O2PSe2-. The van der Waals surface area contributed by atoms with Gasteiger partial charge in [-0.3, -0.25) is 0 Å². The molecule has 0 bridgehead atoms. The monoisotopic (exact) mass is 293 g/mol. The maximum absolute atomic E-state index is 5.46. The van der Waals surface area contributed by atoms with Gasteiger partial charge in [-0.05, 0) is 0 Å². The molecule has 0 aromatic rings. The minimum atomic E-state index is -1.67. The van der Waals surface area contributed by atoms with E-state index in [1.165, 1.54) is 0 Å². The normalized spacial score (nSPS) is 29.9. The van der Waals surface area contributed by atoms with Gasteiger partial charge in [0.25, 0.3) is 0 Å². The van der Waals surface area contributed by atoms with Crippen LogP contribution in [0.2, 0.25) is 0 Å². The van der Waals surface area contributed by atoms with Crippen LogP contribution in [-0.2, 0) is 9.05 Å². The molecule has 0 spiro atoms. The van der Waals surface area contributed by atoms with Crippen molar-refractivity contribution in [1.82, 2.24) is 0 Å². The fraction of sp³-hybridized carbons (Fsp3) is 1.00. The summed E-state index contributed by atoms with van der Waals surface area (Å²) in [4.78, 5) is 0. The van der Waals surface area contributed by atoms with Gasteiger partial charge in [0, 0.05) is 0 Å². The summed E-state index contributed by atoms with van der Waals surface area (Å²) in [5.41, 5.74) is 0.178. The molecule has 60 valence electrons. The van der Waals surface area contributed by atoms with Crippen LogP contribution in [0, 0.1) is 5.41 Å². The first-order chi connectivity index (χ1) is 4.41. The molecule has 5 heteroatoms. The van der Waals surface area contributed by atoms with E-state index < -0.39 is 4.65 Å². The van der Waals surface area contributed by atoms with Crippen molar-refractivity contribution in [2.75, 3.05) is 13.2 Å². The predicted molar refractivity (Wildman–Crippen MR) is 44.1 cm³/mol. The van der Waals surface area contributed by atoms with Crippen molar-refractivity contribution in [3.63, 3.8) is 0 Å². The third kappa shape index (κ3) is 2.79. The van der Waals surface area contributed by atoms with Crippen LogP contribution in [0.15, 0.2) is 0 Å². The second kappa shape index (κ2) is 3.03. The van der Waals surface area contributed by atoms with Crippen molar-refractivity contribution in [2.45, 2.75) is 13.8 Å². The Bertz CT molecular complexity index is 166. The zero-order valence-electron chi connectivity index (χ0n) is 5.99. The van der Waals surface area contributed by atoms with Crippen molar-refractivity contribution in [3.8, 4) is 0 Å². The molecule has 0 aromatic heterocycles. The summed E-state index contributed by atoms with van der Waals surface area (Å²) in [7, 11) is 0. The van der Waals surface area contributed by atoms with E-state index in [9.17, 15) is 0 Å². The molecule has 0 atom stereocenters. The van der Waals surface area contributed by atoms with E-state index in [-0.39, 0.29) is 5.41 Å². The molecule has 2 nitrogen and oxygen atoms in total. The minimum absolute atomic E-state index is 0.178. The molecule has 0 radical (unpaired) electrons. The third-order valence-electron chi connectivity index (χ3n) is 1.23. The Morgan fingerprint density at radius 1 is 1.40 bits per heavy atom. The summed E-state index contributed by atoms with van der Waals surface area (Å²) in [6.07, 6.45) is 0. The topological polar surface area (TPSA) is 18.5 Å². The second-order valence-corrected chi connectivity index (χ2v) is 14.1. The van der Waals surface area contributed by atoms with Crippen LogP contribution < -0.4 is 0 Å². The second-order valence-electron chi connectivity index (χ2n) is 3.16. The van der Waals surface area contributed by atoms with Crippen molar-refractivity contribution in [1.29, 1.82) is 0 Å². The van der Waals surface area contributed by atoms with Crippen molar-refractivity contribution >= 4 is 35.3 Å². The Hall–Kier alpha value is 1.39. The standard InChI is InChI=1S/C5H11O2PSe2/c1-5(2)3-6-8(9,10)7-4-5/h3-4H2,1-2H3,(H,9,10)/p-1. The van der Waals surface area contributed by atoms with E-state index in [0.29, 0.717) is 0 Å². The average Bonchev–Trinajstić information content (AvgIpc) is 1.79. The molecule has 1 fully saturated rings. The van der Waals surface area contributed by atoms with Crippen molar-refractivity contribution in [2.24, 2.45) is 5.41 Å². The first-order valence-electron chi connectivity index (χ1n) is 3.01. The van der Waals surface area contributed by atoms with Crippen LogP contribution in [0.5, 0.6) is 0 Å². The summed E-state index contributed by atoms with van der Waals surface area (Å²) in [5.74, 6) is 0. The Morgan fingerprint density at radius 3 is 2.10 bits per heavy atom. The first kappa shape index (κ1) is 9.48. The van der Waals surface area contributed by atoms with E-state index in [1.54, 1.807) is 0 Å². The van der Waals surface area contributed by atoms with Gasteiger partial charge in [0.1, 0.15) is 0 Å². The molecule has 0 amide bonds. The molecule has 1 heterocycles. The van der Waals surface area contributed by atoms with E-state index in [4.69, 9.17) is 9.05 Å². The van der Waals surface area contributed by atoms with E-state index in [0.717, 1.165) is 13.2 Å². The Morgan fingerprint density at radius 2 is 1.80 bits per heavy atom. The Labute approximate surface area is 76.8 Å². The van der Waals surface area contributed by atoms with E-state index >= 15 is 0 Å². The van der Waals surface area contributed by atoms with Gasteiger partial charge in [-0.1, -0.05) is 0 Å². The molecular weight excluding hydrogens is 281 g/mol. The molecule has 0 unspecified atom stereocenters. The molecule has 10 heavy (non-hydrogen) atoms. The number of hydrogen-bond acceptors (Lipinski definition) is 2. The van der Waals surface area contributed by atoms with Crippen LogP contribution in [0.1, 0.15) is 13.8 Å². The zero-order chi connectivity index (χ0) is 7.83. The molecule has 0 aliphatic carbocycles. The van der Waals surface area contributed by atoms with Crippen molar-refractivity contribution in [3.05, 3.63) is 0 Å². The van der Waals surface area contributed by atoms with Crippen LogP contribution in [0.25, 0.3) is 0 Å². The predicted octanol–water partition coefficient (Wildman–Crippen LogP) is 1.07. The Balaban J connectivity index is 2.54. The maximum atomic E-state index is 5.46. The van der Waals surface area contributed by atoms with Gasteiger partial charge < -0.3 is 0 Å². The molecule has 0 N–H and O–H groups in total. The molecule has 1 aliphatic rings. The summed E-state index contributed by atoms with van der Waals surface area (Å²) < 4.78 is 9.25. The van der Waals surface area contributed by atoms with Gasteiger partial charge in [-0.25, -0.2) is 0 Å². The SMILES string of the molecule is CC1(C)COP(=[Se])([Se-])OC1. The van der Waals surface area contributed by atoms with E-state index in [1.807, 2.05) is 0 Å². The molecule has 0 saturated carbocycles. The molecule has 1 aliphatic heterocycles. The molecule has 0 aromatic carbocycles. The fourth-order valence-electron chi connectivity index (χ4n) is 0.587. The van der Waals surface area contributed by atoms with Crippen LogP contribution >= 0.6 is 4.65 Å². The fourth-order valence-corrected chi connectivity index (χ4v) is 3.00. The van der Waals surface area contributed by atoms with Gasteiger partial charge in [0.05, 0.1) is 0 Å². The van der Waals surface area contributed by atoms with Gasteiger partial charge in [0.15, 0.2) is 0 Å². The first-order valence-corrected chi connectivity index (χ1v) is 9.07. The Kier molecular flexibility index (Phi) is 2.87. The molecule has 1 rings (SSSR count). The molecule has 1 saturated heterocycles. The van der Waals surface area contributed by atoms with Gasteiger partial charge in [-0.15, -0.1) is 0 Å². The quantitative estimate of drug-likeness (QED) is 0.491. The summed E-state index contributed by atoms with van der Waals surface area (Å²) in [6.45, 7) is 5.82. The van der Waals surface area contributed by atoms with Crippen LogP contribution in [-0.4, -0.2) is 43.9 Å². The van der Waals surface area contributed by atoms with Crippen LogP contribution in [0.3, 0.4) is 0 Å². The third-order valence-corrected chi connectivity index (χ3v) is 4.77. The number of rotatable bonds is 0. The summed E-state index contributed by atoms with van der Waals surface area (Å²) in [6, 6.07) is 0. The average molecular weight is 291 g/mol. The van der Waals surface area contributed by atoms with Gasteiger partial charge in [0.2, 0.25) is 0 Å². The number of hydrogen-bond donors (Lipinski definition) is 0. The van der Waals surface area contributed by atoms with Gasteiger partial charge >= 0.3 is 76.8 Å². The van der Waals surface area contributed by atoms with Crippen LogP contribution in [0.4, 0.5) is 0 Å². The summed E-state index contributed by atoms with van der Waals surface area (Å²) >= 11 is 5.81. The summed E-state index contributed by atoms with van der Waals surface area (Å²) in [5, 5.41) is 0.